The molecule has 1 nitrogen and oxygen atoms in total. The number of rotatable bonds is 0. The largest absolute Gasteiger partial charge is 0.314 e. The number of nitrogens with one attached hydrogen (secondary N) is 1. The molecule has 1 aliphatic heterocycles. The van der Waals surface area contributed by atoms with E-state index in [-0.39, 0.29) is 0 Å². The summed E-state index contributed by atoms with van der Waals surface area (Å²) in [6.07, 6.45) is 3.93. The van der Waals surface area contributed by atoms with E-state index in [9.17, 15) is 0 Å². The second-order valence-corrected chi connectivity index (χ2v) is 4.78. The highest BCUT2D eigenvalue weighted by atomic mass is 14.9. The molecule has 0 aromatic heterocycles. The van der Waals surface area contributed by atoms with Crippen LogP contribution in [0.3, 0.4) is 0 Å². The maximum atomic E-state index is 3.61. The molecule has 1 aliphatic carbocycles. The van der Waals surface area contributed by atoms with Crippen LogP contribution in [0.2, 0.25) is 0 Å². The molecule has 0 radical (unpaired) electrons. The van der Waals surface area contributed by atoms with Crippen LogP contribution >= 0.6 is 0 Å². The third kappa shape index (κ3) is 1.27. The smallest absolute Gasteiger partial charge is 0.0113 e. The van der Waals surface area contributed by atoms with Crippen LogP contribution in [0, 0.1) is 6.92 Å². The van der Waals surface area contributed by atoms with Gasteiger partial charge in [-0.1, -0.05) is 23.8 Å². The van der Waals surface area contributed by atoms with Gasteiger partial charge in [0.05, 0.1) is 0 Å². The molecule has 0 amide bonds. The topological polar surface area (TPSA) is 12.0 Å². The summed E-state index contributed by atoms with van der Waals surface area (Å²) in [4.78, 5) is 0. The van der Waals surface area contributed by atoms with E-state index >= 15 is 0 Å². The number of fused-ring (bicyclic) bond motifs is 4. The summed E-state index contributed by atoms with van der Waals surface area (Å²) in [5.41, 5.74) is 4.63. The minimum absolute atomic E-state index is 0.753. The van der Waals surface area contributed by atoms with Crippen molar-refractivity contribution in [3.05, 3.63) is 34.9 Å². The maximum Gasteiger partial charge on any atom is 0.0113 e. The Bertz CT molecular complexity index is 356. The van der Waals surface area contributed by atoms with Gasteiger partial charge < -0.3 is 5.32 Å². The average molecular weight is 187 g/mol. The van der Waals surface area contributed by atoms with Crippen molar-refractivity contribution < 1.29 is 0 Å². The molecule has 2 aliphatic rings. The van der Waals surface area contributed by atoms with Crippen LogP contribution < -0.4 is 5.32 Å². The number of hydrogen-bond acceptors (Lipinski definition) is 1. The van der Waals surface area contributed by atoms with Crippen molar-refractivity contribution in [2.45, 2.75) is 38.1 Å². The lowest BCUT2D eigenvalue weighted by Gasteiger charge is -2.37. The minimum Gasteiger partial charge on any atom is -0.314 e. The van der Waals surface area contributed by atoms with Gasteiger partial charge in [0, 0.05) is 6.04 Å². The molecule has 1 aromatic carbocycles. The Hall–Kier alpha value is -0.820. The molecule has 74 valence electrons. The highest BCUT2D eigenvalue weighted by Gasteiger charge is 2.29. The average Bonchev–Trinajstić information content (AvgIpc) is 2.17. The predicted molar refractivity (Wildman–Crippen MR) is 58.6 cm³/mol. The molecule has 0 saturated carbocycles. The van der Waals surface area contributed by atoms with Gasteiger partial charge in [0.2, 0.25) is 0 Å². The molecule has 2 unspecified atom stereocenters. The second-order valence-electron chi connectivity index (χ2n) is 4.78. The van der Waals surface area contributed by atoms with Gasteiger partial charge in [-0.05, 0) is 49.8 Å². The van der Waals surface area contributed by atoms with Crippen LogP contribution in [0.5, 0.6) is 0 Å². The SMILES string of the molecule is Cc1ccc2c(c1)CC1CC2CCN1. The standard InChI is InChI=1S/C13H17N/c1-9-2-3-13-10-4-5-14-12(7-10)8-11(13)6-9/h2-3,6,10,12,14H,4-5,7-8H2,1H3. The van der Waals surface area contributed by atoms with Crippen molar-refractivity contribution >= 4 is 0 Å². The summed E-state index contributed by atoms with van der Waals surface area (Å²) in [5.74, 6) is 0.839. The van der Waals surface area contributed by atoms with Gasteiger partial charge in [0.1, 0.15) is 0 Å². The fourth-order valence-electron chi connectivity index (χ4n) is 3.02. The zero-order valence-corrected chi connectivity index (χ0v) is 8.72. The van der Waals surface area contributed by atoms with Gasteiger partial charge in [0.25, 0.3) is 0 Å². The van der Waals surface area contributed by atoms with Crippen LogP contribution in [0.4, 0.5) is 0 Å². The number of benzene rings is 1. The molecule has 1 heteroatoms. The normalized spacial score (nSPS) is 29.8. The van der Waals surface area contributed by atoms with Crippen molar-refractivity contribution in [2.24, 2.45) is 0 Å². The van der Waals surface area contributed by atoms with E-state index in [2.05, 4.69) is 30.4 Å². The van der Waals surface area contributed by atoms with E-state index in [1.54, 1.807) is 11.1 Å². The monoisotopic (exact) mass is 187 g/mol. The lowest BCUT2D eigenvalue weighted by Crippen LogP contribution is -2.42. The van der Waals surface area contributed by atoms with E-state index in [1.807, 2.05) is 0 Å². The van der Waals surface area contributed by atoms with Crippen molar-refractivity contribution in [2.75, 3.05) is 6.54 Å². The molecular weight excluding hydrogens is 170 g/mol. The van der Waals surface area contributed by atoms with E-state index in [0.29, 0.717) is 0 Å². The van der Waals surface area contributed by atoms with Gasteiger partial charge in [0.15, 0.2) is 0 Å². The van der Waals surface area contributed by atoms with Gasteiger partial charge >= 0.3 is 0 Å². The fraction of sp³-hybridized carbons (Fsp3) is 0.538. The first-order valence-electron chi connectivity index (χ1n) is 5.66. The molecule has 2 bridgehead atoms. The molecule has 2 atom stereocenters. The lowest BCUT2D eigenvalue weighted by molar-refractivity contribution is 0.339. The van der Waals surface area contributed by atoms with Gasteiger partial charge in [-0.15, -0.1) is 0 Å². The zero-order valence-electron chi connectivity index (χ0n) is 8.72. The fourth-order valence-corrected chi connectivity index (χ4v) is 3.02. The predicted octanol–water partition coefficient (Wildman–Crippen LogP) is 2.39. The van der Waals surface area contributed by atoms with Gasteiger partial charge in [-0.25, -0.2) is 0 Å². The van der Waals surface area contributed by atoms with Crippen LogP contribution in [0.25, 0.3) is 0 Å². The summed E-state index contributed by atoms with van der Waals surface area (Å²) in [6, 6.07) is 7.75. The summed E-state index contributed by atoms with van der Waals surface area (Å²) in [5, 5.41) is 3.61. The minimum atomic E-state index is 0.753. The Balaban J connectivity index is 2.06. The van der Waals surface area contributed by atoms with E-state index < -0.39 is 0 Å². The molecule has 1 heterocycles. The van der Waals surface area contributed by atoms with Crippen molar-refractivity contribution in [3.8, 4) is 0 Å². The Morgan fingerprint density at radius 1 is 1.36 bits per heavy atom. The molecule has 1 fully saturated rings. The van der Waals surface area contributed by atoms with E-state index in [1.165, 1.54) is 31.4 Å². The van der Waals surface area contributed by atoms with E-state index in [4.69, 9.17) is 0 Å². The summed E-state index contributed by atoms with van der Waals surface area (Å²) >= 11 is 0. The Morgan fingerprint density at radius 2 is 2.29 bits per heavy atom. The Kier molecular flexibility index (Phi) is 1.88. The Labute approximate surface area is 85.5 Å². The molecule has 0 spiro atoms. The van der Waals surface area contributed by atoms with Crippen molar-refractivity contribution in [1.82, 2.24) is 5.32 Å². The van der Waals surface area contributed by atoms with Crippen molar-refractivity contribution in [1.29, 1.82) is 0 Å². The molecule has 3 rings (SSSR count). The van der Waals surface area contributed by atoms with Crippen LogP contribution in [0.15, 0.2) is 18.2 Å². The third-order valence-corrected chi connectivity index (χ3v) is 3.70. The first kappa shape index (κ1) is 8.49. The molecule has 1 aromatic rings. The number of piperidine rings is 1. The lowest BCUT2D eigenvalue weighted by atomic mass is 9.76. The molecule has 1 N–H and O–H groups in total. The van der Waals surface area contributed by atoms with Crippen molar-refractivity contribution in [3.63, 3.8) is 0 Å². The first-order chi connectivity index (χ1) is 6.83. The highest BCUT2D eigenvalue weighted by molar-refractivity contribution is 5.37. The summed E-state index contributed by atoms with van der Waals surface area (Å²) in [6.45, 7) is 3.40. The van der Waals surface area contributed by atoms with Gasteiger partial charge in [-0.3, -0.25) is 0 Å². The zero-order chi connectivity index (χ0) is 9.54. The van der Waals surface area contributed by atoms with Crippen LogP contribution in [-0.4, -0.2) is 12.6 Å². The summed E-state index contributed by atoms with van der Waals surface area (Å²) in [7, 11) is 0. The molecular formula is C13H17N. The Morgan fingerprint density at radius 3 is 3.21 bits per heavy atom. The molecule has 14 heavy (non-hydrogen) atoms. The molecule has 1 saturated heterocycles. The summed E-state index contributed by atoms with van der Waals surface area (Å²) < 4.78 is 0. The van der Waals surface area contributed by atoms with E-state index in [0.717, 1.165) is 12.0 Å². The van der Waals surface area contributed by atoms with Gasteiger partial charge in [-0.2, -0.15) is 0 Å². The quantitative estimate of drug-likeness (QED) is 0.657. The van der Waals surface area contributed by atoms with Crippen LogP contribution in [0.1, 0.15) is 35.4 Å². The first-order valence-corrected chi connectivity index (χ1v) is 5.66. The number of aryl methyl sites for hydroxylation is 1. The number of hydrogen-bond donors (Lipinski definition) is 1. The third-order valence-electron chi connectivity index (χ3n) is 3.70. The maximum absolute atomic E-state index is 3.61. The second kappa shape index (κ2) is 3.09. The van der Waals surface area contributed by atoms with Crippen LogP contribution in [-0.2, 0) is 6.42 Å². The highest BCUT2D eigenvalue weighted by Crippen LogP contribution is 2.36.